The zero-order valence-corrected chi connectivity index (χ0v) is 20.3. The molecule has 10 atom stereocenters. The highest BCUT2D eigenvalue weighted by Crippen LogP contribution is 2.68. The van der Waals surface area contributed by atoms with Gasteiger partial charge in [0.2, 0.25) is 0 Å². The summed E-state index contributed by atoms with van der Waals surface area (Å²) in [6.45, 7) is 11.3. The van der Waals surface area contributed by atoms with Crippen LogP contribution in [-0.4, -0.2) is 38.4 Å². The Morgan fingerprint density at radius 2 is 1.55 bits per heavy atom. The van der Waals surface area contributed by atoms with E-state index in [1.807, 2.05) is 6.08 Å². The second-order valence-electron chi connectivity index (χ2n) is 12.7. The molecular weight excluding hydrogens is 388 g/mol. The number of rotatable bonds is 4. The highest BCUT2D eigenvalue weighted by atomic mass is 16.5. The zero-order valence-electron chi connectivity index (χ0n) is 20.3. The summed E-state index contributed by atoms with van der Waals surface area (Å²) in [4.78, 5) is 0. The van der Waals surface area contributed by atoms with E-state index in [1.165, 1.54) is 19.3 Å². The minimum Gasteiger partial charge on any atom is -0.393 e. The van der Waals surface area contributed by atoms with Crippen LogP contribution >= 0.6 is 0 Å². The second kappa shape index (κ2) is 8.11. The van der Waals surface area contributed by atoms with Gasteiger partial charge in [-0.15, -0.1) is 0 Å². The lowest BCUT2D eigenvalue weighted by atomic mass is 9.43. The SMILES string of the molecule is CC(C)[C@@H](O)C=C[C@@H](C)[C@H]1CC[C@H]2[C@@H]3[C@H](O)C[C@H]4CC(O)(O)CC[C@]4(C)[C@H]3CC[C@]12C. The van der Waals surface area contributed by atoms with E-state index in [-0.39, 0.29) is 34.9 Å². The number of aliphatic hydroxyl groups is 4. The average Bonchev–Trinajstić information content (AvgIpc) is 3.04. The van der Waals surface area contributed by atoms with Crippen LogP contribution in [0.25, 0.3) is 0 Å². The minimum atomic E-state index is -1.55. The van der Waals surface area contributed by atoms with Gasteiger partial charge >= 0.3 is 0 Å². The van der Waals surface area contributed by atoms with Gasteiger partial charge in [0.25, 0.3) is 0 Å². The molecule has 0 radical (unpaired) electrons. The first-order valence-electron chi connectivity index (χ1n) is 12.9. The lowest BCUT2D eigenvalue weighted by Crippen LogP contribution is -2.60. The molecular formula is C27H46O4. The van der Waals surface area contributed by atoms with Crippen molar-refractivity contribution >= 4 is 0 Å². The number of fused-ring (bicyclic) bond motifs is 5. The Balaban J connectivity index is 1.55. The maximum Gasteiger partial charge on any atom is 0.162 e. The third-order valence-electron chi connectivity index (χ3n) is 10.7. The van der Waals surface area contributed by atoms with Crippen LogP contribution in [-0.2, 0) is 0 Å². The first-order valence-corrected chi connectivity index (χ1v) is 12.9. The average molecular weight is 435 g/mol. The summed E-state index contributed by atoms with van der Waals surface area (Å²) in [5.41, 5.74) is 0.357. The summed E-state index contributed by atoms with van der Waals surface area (Å²) in [6.07, 6.45) is 10.7. The number of hydrogen-bond acceptors (Lipinski definition) is 4. The van der Waals surface area contributed by atoms with E-state index in [2.05, 4.69) is 40.7 Å². The lowest BCUT2D eigenvalue weighted by molar-refractivity contribution is -0.245. The van der Waals surface area contributed by atoms with Gasteiger partial charge in [-0.1, -0.05) is 46.8 Å². The number of allylic oxidation sites excluding steroid dienone is 1. The third-order valence-corrected chi connectivity index (χ3v) is 10.7. The maximum absolute atomic E-state index is 11.3. The monoisotopic (exact) mass is 434 g/mol. The molecule has 4 heteroatoms. The van der Waals surface area contributed by atoms with Gasteiger partial charge < -0.3 is 20.4 Å². The van der Waals surface area contributed by atoms with Crippen LogP contribution in [0.4, 0.5) is 0 Å². The van der Waals surface area contributed by atoms with Gasteiger partial charge in [-0.3, -0.25) is 0 Å². The van der Waals surface area contributed by atoms with Gasteiger partial charge in [-0.2, -0.15) is 0 Å². The Labute approximate surface area is 189 Å². The van der Waals surface area contributed by atoms with Crippen LogP contribution in [0.5, 0.6) is 0 Å². The van der Waals surface area contributed by atoms with Crippen LogP contribution in [0.2, 0.25) is 0 Å². The topological polar surface area (TPSA) is 80.9 Å². The van der Waals surface area contributed by atoms with Crippen molar-refractivity contribution < 1.29 is 20.4 Å². The molecule has 0 aromatic rings. The van der Waals surface area contributed by atoms with Crippen molar-refractivity contribution in [3.8, 4) is 0 Å². The van der Waals surface area contributed by atoms with Gasteiger partial charge in [0, 0.05) is 12.8 Å². The predicted octanol–water partition coefficient (Wildman–Crippen LogP) is 4.51. The van der Waals surface area contributed by atoms with E-state index >= 15 is 0 Å². The molecule has 0 amide bonds. The molecule has 0 unspecified atom stereocenters. The molecule has 4 N–H and O–H groups in total. The van der Waals surface area contributed by atoms with Crippen molar-refractivity contribution in [1.82, 2.24) is 0 Å². The van der Waals surface area contributed by atoms with Crippen LogP contribution in [0, 0.1) is 52.3 Å². The highest BCUT2D eigenvalue weighted by Gasteiger charge is 2.63. The highest BCUT2D eigenvalue weighted by molar-refractivity contribution is 5.13. The van der Waals surface area contributed by atoms with Gasteiger partial charge in [-0.25, -0.2) is 0 Å². The fourth-order valence-electron chi connectivity index (χ4n) is 8.74. The quantitative estimate of drug-likeness (QED) is 0.388. The van der Waals surface area contributed by atoms with E-state index < -0.39 is 5.79 Å². The second-order valence-corrected chi connectivity index (χ2v) is 12.7. The minimum absolute atomic E-state index is 0.116. The molecule has 0 spiro atoms. The van der Waals surface area contributed by atoms with Crippen LogP contribution in [0.1, 0.15) is 86.0 Å². The molecule has 178 valence electrons. The van der Waals surface area contributed by atoms with E-state index in [4.69, 9.17) is 0 Å². The Bertz CT molecular complexity index is 687. The van der Waals surface area contributed by atoms with Crippen molar-refractivity contribution in [1.29, 1.82) is 0 Å². The molecule has 4 nitrogen and oxygen atoms in total. The predicted molar refractivity (Wildman–Crippen MR) is 123 cm³/mol. The van der Waals surface area contributed by atoms with E-state index in [9.17, 15) is 20.4 Å². The molecule has 4 aliphatic rings. The van der Waals surface area contributed by atoms with Crippen molar-refractivity contribution in [2.45, 2.75) is 104 Å². The molecule has 4 saturated carbocycles. The Morgan fingerprint density at radius 1 is 0.871 bits per heavy atom. The molecule has 0 aromatic heterocycles. The first-order chi connectivity index (χ1) is 14.4. The fraction of sp³-hybridized carbons (Fsp3) is 0.926. The first kappa shape index (κ1) is 23.7. The normalized spacial score (nSPS) is 48.8. The fourth-order valence-corrected chi connectivity index (χ4v) is 8.74. The van der Waals surface area contributed by atoms with Crippen LogP contribution < -0.4 is 0 Å². The largest absolute Gasteiger partial charge is 0.393 e. The summed E-state index contributed by atoms with van der Waals surface area (Å²) >= 11 is 0. The standard InChI is InChI=1S/C27H46O4/c1-16(2)22(28)9-6-17(3)19-7-8-20-24-21(10-11-26(19,20)5)25(4)12-13-27(30,31)15-18(25)14-23(24)29/h6,9,16-24,28-31H,7-8,10-15H2,1-5H3/t17-,18+,19-,20+,21+,22+,23-,24+,25+,26-/m1/s1. The molecule has 4 fully saturated rings. The van der Waals surface area contributed by atoms with Gasteiger partial charge in [-0.05, 0) is 90.8 Å². The summed E-state index contributed by atoms with van der Waals surface area (Å²) in [5, 5.41) is 42.1. The van der Waals surface area contributed by atoms with Crippen LogP contribution in [0.15, 0.2) is 12.2 Å². The molecule has 4 aliphatic carbocycles. The molecule has 0 heterocycles. The van der Waals surface area contributed by atoms with Gasteiger partial charge in [0.1, 0.15) is 0 Å². The van der Waals surface area contributed by atoms with Crippen LogP contribution in [0.3, 0.4) is 0 Å². The van der Waals surface area contributed by atoms with Crippen molar-refractivity contribution in [2.24, 2.45) is 52.3 Å². The van der Waals surface area contributed by atoms with E-state index in [0.29, 0.717) is 48.9 Å². The Kier molecular flexibility index (Phi) is 6.21. The van der Waals surface area contributed by atoms with Crippen molar-refractivity contribution in [3.63, 3.8) is 0 Å². The molecule has 0 aromatic carbocycles. The summed E-state index contributed by atoms with van der Waals surface area (Å²) < 4.78 is 0. The Morgan fingerprint density at radius 3 is 2.23 bits per heavy atom. The van der Waals surface area contributed by atoms with Crippen molar-refractivity contribution in [3.05, 3.63) is 12.2 Å². The molecule has 31 heavy (non-hydrogen) atoms. The number of hydrogen-bond donors (Lipinski definition) is 4. The molecule has 0 bridgehead atoms. The Hall–Kier alpha value is -0.420. The van der Waals surface area contributed by atoms with Crippen molar-refractivity contribution in [2.75, 3.05) is 0 Å². The zero-order chi connectivity index (χ0) is 22.8. The lowest BCUT2D eigenvalue weighted by Gasteiger charge is -2.63. The molecule has 0 aliphatic heterocycles. The van der Waals surface area contributed by atoms with E-state index in [0.717, 1.165) is 12.8 Å². The third kappa shape index (κ3) is 3.94. The maximum atomic E-state index is 11.3. The molecule has 4 rings (SSSR count). The summed E-state index contributed by atoms with van der Waals surface area (Å²) in [5.74, 6) is 1.29. The number of aliphatic hydroxyl groups excluding tert-OH is 2. The van der Waals surface area contributed by atoms with Gasteiger partial charge in [0.05, 0.1) is 12.2 Å². The van der Waals surface area contributed by atoms with E-state index in [1.54, 1.807) is 0 Å². The summed E-state index contributed by atoms with van der Waals surface area (Å²) in [7, 11) is 0. The summed E-state index contributed by atoms with van der Waals surface area (Å²) in [6, 6.07) is 0. The molecule has 0 saturated heterocycles. The smallest absolute Gasteiger partial charge is 0.162 e. The van der Waals surface area contributed by atoms with Gasteiger partial charge in [0.15, 0.2) is 5.79 Å².